The lowest BCUT2D eigenvalue weighted by molar-refractivity contribution is 0.627. The molecule has 0 aliphatic carbocycles. The molecule has 1 aromatic heterocycles. The second-order valence-corrected chi connectivity index (χ2v) is 5.61. The van der Waals surface area contributed by atoms with Gasteiger partial charge in [0.25, 0.3) is 0 Å². The molecule has 0 aromatic carbocycles. The third-order valence-corrected chi connectivity index (χ3v) is 3.93. The molecule has 1 heterocycles. The van der Waals surface area contributed by atoms with Crippen LogP contribution in [0, 0.1) is 0 Å². The van der Waals surface area contributed by atoms with Gasteiger partial charge in [-0.05, 0) is 25.0 Å². The smallest absolute Gasteiger partial charge is 0.0460 e. The molecule has 1 aromatic rings. The van der Waals surface area contributed by atoms with E-state index < -0.39 is 0 Å². The van der Waals surface area contributed by atoms with Crippen LogP contribution in [0.15, 0.2) is 12.1 Å². The van der Waals surface area contributed by atoms with Gasteiger partial charge in [-0.2, -0.15) is 0 Å². The summed E-state index contributed by atoms with van der Waals surface area (Å²) in [5.74, 6) is 0. The third kappa shape index (κ3) is 5.01. The van der Waals surface area contributed by atoms with Crippen molar-refractivity contribution in [1.29, 1.82) is 0 Å². The first-order valence-electron chi connectivity index (χ1n) is 5.68. The molecule has 0 aliphatic rings. The zero-order valence-electron chi connectivity index (χ0n) is 9.55. The molecule has 15 heavy (non-hydrogen) atoms. The molecule has 0 aliphatic heterocycles. The normalized spacial score (nSPS) is 13.0. The molecule has 0 fully saturated rings. The molecule has 1 nitrogen and oxygen atoms in total. The first-order valence-corrected chi connectivity index (χ1v) is 6.94. The number of rotatable bonds is 7. The minimum absolute atomic E-state index is 0.278. The Morgan fingerprint density at radius 1 is 1.33 bits per heavy atom. The predicted octanol–water partition coefficient (Wildman–Crippen LogP) is 3.81. The fourth-order valence-electron chi connectivity index (χ4n) is 1.47. The van der Waals surface area contributed by atoms with Gasteiger partial charge in [-0.25, -0.2) is 0 Å². The van der Waals surface area contributed by atoms with Crippen LogP contribution in [0.5, 0.6) is 0 Å². The summed E-state index contributed by atoms with van der Waals surface area (Å²) >= 11 is 8.01. The molecule has 86 valence electrons. The summed E-state index contributed by atoms with van der Waals surface area (Å²) in [4.78, 5) is 2.87. The highest BCUT2D eigenvalue weighted by molar-refractivity contribution is 7.11. The maximum Gasteiger partial charge on any atom is 0.0460 e. The van der Waals surface area contributed by atoms with Crippen molar-refractivity contribution < 1.29 is 0 Å². The SMILES string of the molecule is CCCC(Cl)CNCc1ccc(CC)s1. The molecule has 1 atom stereocenters. The largest absolute Gasteiger partial charge is 0.310 e. The summed E-state index contributed by atoms with van der Waals surface area (Å²) in [7, 11) is 0. The van der Waals surface area contributed by atoms with Crippen molar-refractivity contribution in [3.63, 3.8) is 0 Å². The summed E-state index contributed by atoms with van der Waals surface area (Å²) in [6.45, 7) is 6.23. The Morgan fingerprint density at radius 3 is 2.67 bits per heavy atom. The summed E-state index contributed by atoms with van der Waals surface area (Å²) < 4.78 is 0. The van der Waals surface area contributed by atoms with E-state index in [0.29, 0.717) is 0 Å². The van der Waals surface area contributed by atoms with E-state index in [4.69, 9.17) is 11.6 Å². The van der Waals surface area contributed by atoms with Crippen molar-refractivity contribution in [2.75, 3.05) is 6.54 Å². The van der Waals surface area contributed by atoms with E-state index in [1.807, 2.05) is 11.3 Å². The number of aryl methyl sites for hydroxylation is 1. The molecule has 0 spiro atoms. The van der Waals surface area contributed by atoms with Gasteiger partial charge in [-0.15, -0.1) is 22.9 Å². The Hall–Kier alpha value is -0.0500. The number of hydrogen-bond donors (Lipinski definition) is 1. The monoisotopic (exact) mass is 245 g/mol. The Morgan fingerprint density at radius 2 is 2.07 bits per heavy atom. The van der Waals surface area contributed by atoms with Crippen molar-refractivity contribution in [2.45, 2.75) is 45.0 Å². The molecule has 1 N–H and O–H groups in total. The van der Waals surface area contributed by atoms with Gasteiger partial charge in [0.2, 0.25) is 0 Å². The number of nitrogens with one attached hydrogen (secondary N) is 1. The Kier molecular flexibility index (Phi) is 6.30. The lowest BCUT2D eigenvalue weighted by Crippen LogP contribution is -2.22. The van der Waals surface area contributed by atoms with E-state index in [-0.39, 0.29) is 5.38 Å². The lowest BCUT2D eigenvalue weighted by Gasteiger charge is -2.08. The summed E-state index contributed by atoms with van der Waals surface area (Å²) in [6, 6.07) is 4.42. The maximum absolute atomic E-state index is 6.12. The Balaban J connectivity index is 2.19. The summed E-state index contributed by atoms with van der Waals surface area (Å²) in [6.07, 6.45) is 3.40. The van der Waals surface area contributed by atoms with Crippen LogP contribution in [-0.4, -0.2) is 11.9 Å². The third-order valence-electron chi connectivity index (χ3n) is 2.33. The highest BCUT2D eigenvalue weighted by Gasteiger charge is 2.03. The number of alkyl halides is 1. The van der Waals surface area contributed by atoms with Crippen LogP contribution >= 0.6 is 22.9 Å². The van der Waals surface area contributed by atoms with Gasteiger partial charge >= 0.3 is 0 Å². The van der Waals surface area contributed by atoms with Crippen LogP contribution in [-0.2, 0) is 13.0 Å². The fraction of sp³-hybridized carbons (Fsp3) is 0.667. The van der Waals surface area contributed by atoms with E-state index in [1.54, 1.807) is 0 Å². The van der Waals surface area contributed by atoms with Crippen molar-refractivity contribution in [2.24, 2.45) is 0 Å². The van der Waals surface area contributed by atoms with E-state index >= 15 is 0 Å². The standard InChI is InChI=1S/C12H20ClNS/c1-3-5-10(13)8-14-9-12-7-6-11(4-2)15-12/h6-7,10,14H,3-5,8-9H2,1-2H3. The second kappa shape index (κ2) is 7.26. The van der Waals surface area contributed by atoms with Crippen molar-refractivity contribution in [3.8, 4) is 0 Å². The highest BCUT2D eigenvalue weighted by atomic mass is 35.5. The predicted molar refractivity (Wildman–Crippen MR) is 70.0 cm³/mol. The van der Waals surface area contributed by atoms with Crippen LogP contribution in [0.3, 0.4) is 0 Å². The van der Waals surface area contributed by atoms with Crippen LogP contribution in [0.4, 0.5) is 0 Å². The van der Waals surface area contributed by atoms with Crippen molar-refractivity contribution in [3.05, 3.63) is 21.9 Å². The molecule has 1 rings (SSSR count). The average Bonchev–Trinajstić information content (AvgIpc) is 2.66. The first-order chi connectivity index (χ1) is 7.26. The van der Waals surface area contributed by atoms with Crippen LogP contribution in [0.2, 0.25) is 0 Å². The number of hydrogen-bond acceptors (Lipinski definition) is 2. The molecule has 0 amide bonds. The molecular weight excluding hydrogens is 226 g/mol. The van der Waals surface area contributed by atoms with Gasteiger partial charge in [0.15, 0.2) is 0 Å². The van der Waals surface area contributed by atoms with Gasteiger partial charge in [0.1, 0.15) is 0 Å². The average molecular weight is 246 g/mol. The zero-order chi connectivity index (χ0) is 11.1. The van der Waals surface area contributed by atoms with Gasteiger partial charge in [-0.1, -0.05) is 20.3 Å². The van der Waals surface area contributed by atoms with E-state index in [9.17, 15) is 0 Å². The molecule has 1 unspecified atom stereocenters. The molecule has 0 saturated carbocycles. The van der Waals surface area contributed by atoms with Crippen molar-refractivity contribution in [1.82, 2.24) is 5.32 Å². The summed E-state index contributed by atoms with van der Waals surface area (Å²) in [5.41, 5.74) is 0. The number of thiophene rings is 1. The molecule has 0 saturated heterocycles. The lowest BCUT2D eigenvalue weighted by atomic mass is 10.2. The fourth-order valence-corrected chi connectivity index (χ4v) is 2.73. The summed E-state index contributed by atoms with van der Waals surface area (Å²) in [5, 5.41) is 3.68. The van der Waals surface area contributed by atoms with Gasteiger partial charge < -0.3 is 5.32 Å². The van der Waals surface area contributed by atoms with Crippen LogP contribution in [0.1, 0.15) is 36.4 Å². The van der Waals surface area contributed by atoms with E-state index in [2.05, 4.69) is 31.3 Å². The first kappa shape index (κ1) is 13.0. The minimum Gasteiger partial charge on any atom is -0.310 e. The Labute approximate surface area is 102 Å². The second-order valence-electron chi connectivity index (χ2n) is 3.74. The number of halogens is 1. The van der Waals surface area contributed by atoms with Crippen LogP contribution in [0.25, 0.3) is 0 Å². The molecule has 3 heteroatoms. The van der Waals surface area contributed by atoms with Crippen molar-refractivity contribution >= 4 is 22.9 Å². The molecular formula is C12H20ClNS. The van der Waals surface area contributed by atoms with Crippen LogP contribution < -0.4 is 5.32 Å². The topological polar surface area (TPSA) is 12.0 Å². The van der Waals surface area contributed by atoms with E-state index in [0.717, 1.165) is 32.4 Å². The maximum atomic E-state index is 6.12. The van der Waals surface area contributed by atoms with Gasteiger partial charge in [-0.3, -0.25) is 0 Å². The Bertz CT molecular complexity index is 272. The zero-order valence-corrected chi connectivity index (χ0v) is 11.1. The minimum atomic E-state index is 0.278. The quantitative estimate of drug-likeness (QED) is 0.721. The molecule has 0 bridgehead atoms. The molecule has 0 radical (unpaired) electrons. The van der Waals surface area contributed by atoms with Gasteiger partial charge in [0, 0.05) is 28.2 Å². The highest BCUT2D eigenvalue weighted by Crippen LogP contribution is 2.16. The van der Waals surface area contributed by atoms with Gasteiger partial charge in [0.05, 0.1) is 0 Å². The van der Waals surface area contributed by atoms with E-state index in [1.165, 1.54) is 9.75 Å².